The Bertz CT molecular complexity index is 710. The van der Waals surface area contributed by atoms with Crippen molar-refractivity contribution < 1.29 is 4.79 Å². The summed E-state index contributed by atoms with van der Waals surface area (Å²) in [6.07, 6.45) is 5.35. The van der Waals surface area contributed by atoms with E-state index in [4.69, 9.17) is 0 Å². The van der Waals surface area contributed by atoms with Crippen LogP contribution in [0.25, 0.3) is 0 Å². The second kappa shape index (κ2) is 4.83. The molecule has 3 rings (SSSR count). The Balaban J connectivity index is 2.05. The van der Waals surface area contributed by atoms with Gasteiger partial charge in [-0.05, 0) is 48.9 Å². The van der Waals surface area contributed by atoms with E-state index >= 15 is 0 Å². The summed E-state index contributed by atoms with van der Waals surface area (Å²) < 4.78 is 2.30. The van der Waals surface area contributed by atoms with Crippen LogP contribution < -0.4 is 0 Å². The second-order valence-electron chi connectivity index (χ2n) is 6.98. The number of pyridine rings is 1. The summed E-state index contributed by atoms with van der Waals surface area (Å²) in [4.78, 5) is 16.5. The summed E-state index contributed by atoms with van der Waals surface area (Å²) in [5, 5.41) is 0. The summed E-state index contributed by atoms with van der Waals surface area (Å²) in [5.41, 5.74) is 5.81. The lowest BCUT2D eigenvalue weighted by atomic mass is 9.76. The minimum Gasteiger partial charge on any atom is -0.344 e. The number of aromatic nitrogens is 2. The largest absolute Gasteiger partial charge is 0.344 e. The van der Waals surface area contributed by atoms with E-state index in [9.17, 15) is 4.79 Å². The van der Waals surface area contributed by atoms with Gasteiger partial charge < -0.3 is 4.57 Å². The molecule has 0 radical (unpaired) electrons. The molecular formula is C18H22N2O. The van der Waals surface area contributed by atoms with Crippen molar-refractivity contribution in [2.24, 2.45) is 5.41 Å². The molecule has 0 bridgehead atoms. The van der Waals surface area contributed by atoms with Gasteiger partial charge in [-0.3, -0.25) is 9.78 Å². The first kappa shape index (κ1) is 14.1. The summed E-state index contributed by atoms with van der Waals surface area (Å²) in [6.45, 7) is 9.35. The molecule has 1 aliphatic rings. The first-order chi connectivity index (χ1) is 9.87. The minimum absolute atomic E-state index is 0.0555. The quantitative estimate of drug-likeness (QED) is 0.841. The average molecular weight is 282 g/mol. The monoisotopic (exact) mass is 282 g/mol. The average Bonchev–Trinajstić information content (AvgIpc) is 2.69. The van der Waals surface area contributed by atoms with Crippen LogP contribution in [0.1, 0.15) is 53.1 Å². The molecule has 1 aliphatic carbocycles. The molecule has 0 spiro atoms. The van der Waals surface area contributed by atoms with Crippen molar-refractivity contribution in [1.29, 1.82) is 0 Å². The molecule has 0 amide bonds. The predicted octanol–water partition coefficient (Wildman–Crippen LogP) is 3.70. The van der Waals surface area contributed by atoms with E-state index in [-0.39, 0.29) is 11.2 Å². The van der Waals surface area contributed by atoms with Crippen molar-refractivity contribution in [1.82, 2.24) is 9.55 Å². The van der Waals surface area contributed by atoms with E-state index in [2.05, 4.69) is 49.4 Å². The molecule has 21 heavy (non-hydrogen) atoms. The predicted molar refractivity (Wildman–Crippen MR) is 83.7 cm³/mol. The second-order valence-corrected chi connectivity index (χ2v) is 6.98. The zero-order valence-corrected chi connectivity index (χ0v) is 13.2. The Labute approximate surface area is 126 Å². The van der Waals surface area contributed by atoms with Crippen molar-refractivity contribution >= 4 is 5.78 Å². The van der Waals surface area contributed by atoms with Crippen molar-refractivity contribution in [3.05, 3.63) is 52.6 Å². The highest BCUT2D eigenvalue weighted by Crippen LogP contribution is 2.36. The molecule has 0 aliphatic heterocycles. The van der Waals surface area contributed by atoms with Gasteiger partial charge in [-0.1, -0.05) is 13.8 Å². The SMILES string of the molecule is Cc1cnccc1Cn1c(C)cc2c1CC(C)(C)CC2=O. The Kier molecular flexibility index (Phi) is 3.23. The van der Waals surface area contributed by atoms with Crippen LogP contribution in [0.3, 0.4) is 0 Å². The van der Waals surface area contributed by atoms with Crippen LogP contribution in [-0.4, -0.2) is 15.3 Å². The van der Waals surface area contributed by atoms with E-state index < -0.39 is 0 Å². The maximum absolute atomic E-state index is 12.4. The first-order valence-corrected chi connectivity index (χ1v) is 7.49. The lowest BCUT2D eigenvalue weighted by molar-refractivity contribution is 0.0910. The molecular weight excluding hydrogens is 260 g/mol. The molecule has 0 N–H and O–H groups in total. The van der Waals surface area contributed by atoms with E-state index in [1.807, 2.05) is 12.4 Å². The molecule has 110 valence electrons. The van der Waals surface area contributed by atoms with Crippen LogP contribution in [-0.2, 0) is 13.0 Å². The van der Waals surface area contributed by atoms with Crippen LogP contribution in [0.2, 0.25) is 0 Å². The van der Waals surface area contributed by atoms with Gasteiger partial charge in [-0.15, -0.1) is 0 Å². The molecule has 3 heteroatoms. The van der Waals surface area contributed by atoms with Gasteiger partial charge in [0.25, 0.3) is 0 Å². The number of carbonyl (C=O) groups excluding carboxylic acids is 1. The number of hydrogen-bond acceptors (Lipinski definition) is 2. The zero-order chi connectivity index (χ0) is 15.2. The number of rotatable bonds is 2. The molecule has 0 aromatic carbocycles. The summed E-state index contributed by atoms with van der Waals surface area (Å²) in [5.74, 6) is 0.287. The van der Waals surface area contributed by atoms with E-state index in [1.54, 1.807) is 0 Å². The van der Waals surface area contributed by atoms with Crippen molar-refractivity contribution in [2.45, 2.75) is 47.1 Å². The maximum atomic E-state index is 12.4. The van der Waals surface area contributed by atoms with Crippen LogP contribution >= 0.6 is 0 Å². The van der Waals surface area contributed by atoms with E-state index in [1.165, 1.54) is 22.5 Å². The van der Waals surface area contributed by atoms with E-state index in [0.717, 1.165) is 18.5 Å². The van der Waals surface area contributed by atoms with Crippen LogP contribution in [0, 0.1) is 19.3 Å². The van der Waals surface area contributed by atoms with Gasteiger partial charge in [0.1, 0.15) is 0 Å². The molecule has 2 heterocycles. The molecule has 0 atom stereocenters. The highest BCUT2D eigenvalue weighted by atomic mass is 16.1. The molecule has 3 nitrogen and oxygen atoms in total. The number of hydrogen-bond donors (Lipinski definition) is 0. The van der Waals surface area contributed by atoms with Gasteiger partial charge in [-0.2, -0.15) is 0 Å². The Morgan fingerprint density at radius 2 is 2.05 bits per heavy atom. The minimum atomic E-state index is 0.0555. The van der Waals surface area contributed by atoms with Crippen molar-refractivity contribution in [2.75, 3.05) is 0 Å². The highest BCUT2D eigenvalue weighted by molar-refractivity contribution is 5.99. The molecule has 0 unspecified atom stereocenters. The van der Waals surface area contributed by atoms with Gasteiger partial charge in [0.2, 0.25) is 0 Å². The molecule has 2 aromatic rings. The summed E-state index contributed by atoms with van der Waals surface area (Å²) in [6, 6.07) is 4.13. The lowest BCUT2D eigenvalue weighted by Crippen LogP contribution is -2.28. The molecule has 0 saturated heterocycles. The number of carbonyl (C=O) groups is 1. The Morgan fingerprint density at radius 3 is 2.76 bits per heavy atom. The third kappa shape index (κ3) is 2.53. The first-order valence-electron chi connectivity index (χ1n) is 7.49. The van der Waals surface area contributed by atoms with Gasteiger partial charge in [0, 0.05) is 42.3 Å². The highest BCUT2D eigenvalue weighted by Gasteiger charge is 2.33. The van der Waals surface area contributed by atoms with Crippen LogP contribution in [0.15, 0.2) is 24.5 Å². The summed E-state index contributed by atoms with van der Waals surface area (Å²) >= 11 is 0. The third-order valence-electron chi connectivity index (χ3n) is 4.47. The number of ketones is 1. The van der Waals surface area contributed by atoms with Crippen molar-refractivity contribution in [3.8, 4) is 0 Å². The Hall–Kier alpha value is -1.90. The zero-order valence-electron chi connectivity index (χ0n) is 13.2. The fourth-order valence-corrected chi connectivity index (χ4v) is 3.28. The van der Waals surface area contributed by atoms with Gasteiger partial charge in [0.05, 0.1) is 0 Å². The number of fused-ring (bicyclic) bond motifs is 1. The fourth-order valence-electron chi connectivity index (χ4n) is 3.28. The Morgan fingerprint density at radius 1 is 1.29 bits per heavy atom. The van der Waals surface area contributed by atoms with Gasteiger partial charge in [0.15, 0.2) is 5.78 Å². The van der Waals surface area contributed by atoms with Crippen LogP contribution in [0.4, 0.5) is 0 Å². The number of aryl methyl sites for hydroxylation is 2. The number of Topliss-reactive ketones (excluding diaryl/α,β-unsaturated/α-hetero) is 1. The fraction of sp³-hybridized carbons (Fsp3) is 0.444. The summed E-state index contributed by atoms with van der Waals surface area (Å²) in [7, 11) is 0. The molecule has 0 fully saturated rings. The topological polar surface area (TPSA) is 34.9 Å². The third-order valence-corrected chi connectivity index (χ3v) is 4.47. The molecule has 0 saturated carbocycles. The standard InChI is InChI=1S/C18H22N2O/c1-12-10-19-6-5-14(12)11-20-13(2)7-15-16(20)8-18(3,4)9-17(15)21/h5-7,10H,8-9,11H2,1-4H3. The van der Waals surface area contributed by atoms with Crippen molar-refractivity contribution in [3.63, 3.8) is 0 Å². The number of nitrogens with zero attached hydrogens (tertiary/aromatic N) is 2. The van der Waals surface area contributed by atoms with E-state index in [0.29, 0.717) is 6.42 Å². The lowest BCUT2D eigenvalue weighted by Gasteiger charge is -2.30. The normalized spacial score (nSPS) is 16.9. The van der Waals surface area contributed by atoms with Gasteiger partial charge >= 0.3 is 0 Å². The molecule has 2 aromatic heterocycles. The van der Waals surface area contributed by atoms with Gasteiger partial charge in [-0.25, -0.2) is 0 Å². The van der Waals surface area contributed by atoms with Crippen LogP contribution in [0.5, 0.6) is 0 Å². The maximum Gasteiger partial charge on any atom is 0.165 e. The smallest absolute Gasteiger partial charge is 0.165 e.